The molecule has 1 aromatic carbocycles. The summed E-state index contributed by atoms with van der Waals surface area (Å²) in [5.74, 6) is 0.693. The Kier molecular flexibility index (Phi) is 3.64. The minimum absolute atomic E-state index is 0.115. The first-order valence-corrected chi connectivity index (χ1v) is 6.91. The Balaban J connectivity index is 1.62. The number of benzene rings is 1. The average molecular weight is 247 g/mol. The molecule has 0 unspecified atom stereocenters. The molecule has 2 atom stereocenters. The average Bonchev–Trinajstić information content (AvgIpc) is 2.73. The Morgan fingerprint density at radius 1 is 1.22 bits per heavy atom. The second kappa shape index (κ2) is 5.39. The van der Waals surface area contributed by atoms with Gasteiger partial charge in [0.1, 0.15) is 0 Å². The predicted molar refractivity (Wildman–Crippen MR) is 70.4 cm³/mol. The predicted octanol–water partition coefficient (Wildman–Crippen LogP) is 1.66. The maximum atomic E-state index is 10.2. The van der Waals surface area contributed by atoms with Crippen molar-refractivity contribution in [2.45, 2.75) is 31.4 Å². The molecule has 0 amide bonds. The van der Waals surface area contributed by atoms with Crippen molar-refractivity contribution < 1.29 is 9.84 Å². The van der Waals surface area contributed by atoms with Gasteiger partial charge in [-0.05, 0) is 36.4 Å². The number of hydrogen-bond donors (Lipinski definition) is 2. The molecule has 1 heterocycles. The standard InChI is InChI=1S/C15H21NO2/c17-14-9-12-3-1-2-4-13(12)15(14)16-10-11-5-7-18-8-6-11/h1-4,11,14-17H,5-10H2/t14-,15+/m0/s1. The zero-order chi connectivity index (χ0) is 12.4. The minimum Gasteiger partial charge on any atom is -0.391 e. The van der Waals surface area contributed by atoms with Crippen LogP contribution in [-0.2, 0) is 11.2 Å². The third-order valence-corrected chi connectivity index (χ3v) is 4.17. The van der Waals surface area contributed by atoms with Crippen LogP contribution in [0.15, 0.2) is 24.3 Å². The van der Waals surface area contributed by atoms with Crippen LogP contribution in [0.5, 0.6) is 0 Å². The zero-order valence-corrected chi connectivity index (χ0v) is 10.6. The third kappa shape index (κ3) is 2.44. The number of fused-ring (bicyclic) bond motifs is 1. The Hall–Kier alpha value is -0.900. The van der Waals surface area contributed by atoms with Gasteiger partial charge in [-0.1, -0.05) is 24.3 Å². The van der Waals surface area contributed by atoms with Crippen LogP contribution in [0.1, 0.15) is 30.0 Å². The van der Waals surface area contributed by atoms with E-state index in [4.69, 9.17) is 4.74 Å². The number of aliphatic hydroxyl groups is 1. The first-order valence-electron chi connectivity index (χ1n) is 6.91. The van der Waals surface area contributed by atoms with E-state index in [0.29, 0.717) is 5.92 Å². The summed E-state index contributed by atoms with van der Waals surface area (Å²) in [6.07, 6.45) is 2.78. The molecule has 0 radical (unpaired) electrons. The van der Waals surface area contributed by atoms with Gasteiger partial charge in [0.05, 0.1) is 12.1 Å². The van der Waals surface area contributed by atoms with Gasteiger partial charge in [0, 0.05) is 19.6 Å². The maximum Gasteiger partial charge on any atom is 0.0775 e. The van der Waals surface area contributed by atoms with Gasteiger partial charge in [-0.25, -0.2) is 0 Å². The lowest BCUT2D eigenvalue weighted by Crippen LogP contribution is -2.34. The number of ether oxygens (including phenoxy) is 1. The third-order valence-electron chi connectivity index (χ3n) is 4.17. The van der Waals surface area contributed by atoms with Gasteiger partial charge >= 0.3 is 0 Å². The van der Waals surface area contributed by atoms with Crippen molar-refractivity contribution >= 4 is 0 Å². The fourth-order valence-electron chi connectivity index (χ4n) is 3.06. The van der Waals surface area contributed by atoms with Crippen LogP contribution in [0.4, 0.5) is 0 Å². The topological polar surface area (TPSA) is 41.5 Å². The molecule has 0 spiro atoms. The van der Waals surface area contributed by atoms with Gasteiger partial charge < -0.3 is 15.2 Å². The number of nitrogens with one attached hydrogen (secondary N) is 1. The van der Waals surface area contributed by atoms with E-state index in [1.54, 1.807) is 0 Å². The van der Waals surface area contributed by atoms with Crippen molar-refractivity contribution in [3.05, 3.63) is 35.4 Å². The molecule has 1 fully saturated rings. The second-order valence-corrected chi connectivity index (χ2v) is 5.41. The molecule has 1 aliphatic carbocycles. The molecule has 0 aromatic heterocycles. The van der Waals surface area contributed by atoms with E-state index in [9.17, 15) is 5.11 Å². The lowest BCUT2D eigenvalue weighted by molar-refractivity contribution is 0.0623. The summed E-state index contributed by atoms with van der Waals surface area (Å²) in [4.78, 5) is 0. The highest BCUT2D eigenvalue weighted by Crippen LogP contribution is 2.31. The lowest BCUT2D eigenvalue weighted by Gasteiger charge is -2.25. The summed E-state index contributed by atoms with van der Waals surface area (Å²) >= 11 is 0. The van der Waals surface area contributed by atoms with Crippen LogP contribution in [-0.4, -0.2) is 31.0 Å². The summed E-state index contributed by atoms with van der Waals surface area (Å²) < 4.78 is 5.37. The second-order valence-electron chi connectivity index (χ2n) is 5.41. The van der Waals surface area contributed by atoms with Crippen molar-refractivity contribution in [1.29, 1.82) is 0 Å². The number of rotatable bonds is 3. The Bertz CT molecular complexity index is 401. The molecule has 0 saturated carbocycles. The molecule has 3 nitrogen and oxygen atoms in total. The van der Waals surface area contributed by atoms with Crippen LogP contribution < -0.4 is 5.32 Å². The molecular weight excluding hydrogens is 226 g/mol. The van der Waals surface area contributed by atoms with Crippen LogP contribution >= 0.6 is 0 Å². The lowest BCUT2D eigenvalue weighted by atomic mass is 9.99. The van der Waals surface area contributed by atoms with E-state index >= 15 is 0 Å². The molecule has 3 heteroatoms. The first-order chi connectivity index (χ1) is 8.84. The molecule has 2 N–H and O–H groups in total. The number of aliphatic hydroxyl groups excluding tert-OH is 1. The molecule has 98 valence electrons. The minimum atomic E-state index is -0.276. The van der Waals surface area contributed by atoms with Gasteiger partial charge in [-0.3, -0.25) is 0 Å². The Labute approximate surface area is 108 Å². The molecule has 1 aromatic rings. The Morgan fingerprint density at radius 3 is 2.83 bits per heavy atom. The van der Waals surface area contributed by atoms with Crippen LogP contribution in [0.2, 0.25) is 0 Å². The smallest absolute Gasteiger partial charge is 0.0775 e. The van der Waals surface area contributed by atoms with Gasteiger partial charge in [-0.15, -0.1) is 0 Å². The molecule has 1 saturated heterocycles. The number of hydrogen-bond acceptors (Lipinski definition) is 3. The summed E-state index contributed by atoms with van der Waals surface area (Å²) in [5, 5.41) is 13.7. The Morgan fingerprint density at radius 2 is 2.00 bits per heavy atom. The highest BCUT2D eigenvalue weighted by Gasteiger charge is 2.30. The van der Waals surface area contributed by atoms with Gasteiger partial charge in [0.2, 0.25) is 0 Å². The largest absolute Gasteiger partial charge is 0.391 e. The van der Waals surface area contributed by atoms with Gasteiger partial charge in [0.15, 0.2) is 0 Å². The monoisotopic (exact) mass is 247 g/mol. The van der Waals surface area contributed by atoms with Crippen molar-refractivity contribution in [2.75, 3.05) is 19.8 Å². The molecular formula is C15H21NO2. The van der Waals surface area contributed by atoms with Crippen molar-refractivity contribution in [3.63, 3.8) is 0 Å². The van der Waals surface area contributed by atoms with Crippen molar-refractivity contribution in [3.8, 4) is 0 Å². The maximum absolute atomic E-state index is 10.2. The summed E-state index contributed by atoms with van der Waals surface area (Å²) in [6.45, 7) is 2.76. The van der Waals surface area contributed by atoms with E-state index in [0.717, 1.165) is 39.0 Å². The molecule has 3 rings (SSSR count). The van der Waals surface area contributed by atoms with Crippen LogP contribution in [0.25, 0.3) is 0 Å². The summed E-state index contributed by atoms with van der Waals surface area (Å²) in [7, 11) is 0. The zero-order valence-electron chi connectivity index (χ0n) is 10.6. The van der Waals surface area contributed by atoms with Crippen LogP contribution in [0, 0.1) is 5.92 Å². The van der Waals surface area contributed by atoms with E-state index in [-0.39, 0.29) is 12.1 Å². The highest BCUT2D eigenvalue weighted by molar-refractivity contribution is 5.36. The van der Waals surface area contributed by atoms with E-state index in [1.165, 1.54) is 11.1 Å². The summed E-state index contributed by atoms with van der Waals surface area (Å²) in [6, 6.07) is 8.47. The fraction of sp³-hybridized carbons (Fsp3) is 0.600. The fourth-order valence-corrected chi connectivity index (χ4v) is 3.06. The first kappa shape index (κ1) is 12.2. The molecule has 18 heavy (non-hydrogen) atoms. The molecule has 1 aliphatic heterocycles. The highest BCUT2D eigenvalue weighted by atomic mass is 16.5. The quantitative estimate of drug-likeness (QED) is 0.853. The van der Waals surface area contributed by atoms with E-state index in [2.05, 4.69) is 23.5 Å². The normalized spacial score (nSPS) is 28.3. The van der Waals surface area contributed by atoms with Gasteiger partial charge in [-0.2, -0.15) is 0 Å². The van der Waals surface area contributed by atoms with E-state index in [1.807, 2.05) is 6.07 Å². The van der Waals surface area contributed by atoms with Crippen molar-refractivity contribution in [1.82, 2.24) is 5.32 Å². The molecule has 0 bridgehead atoms. The summed E-state index contributed by atoms with van der Waals surface area (Å²) in [5.41, 5.74) is 2.56. The van der Waals surface area contributed by atoms with E-state index < -0.39 is 0 Å². The van der Waals surface area contributed by atoms with Gasteiger partial charge in [0.25, 0.3) is 0 Å². The SMILES string of the molecule is O[C@H]1Cc2ccccc2[C@H]1NCC1CCOCC1. The van der Waals surface area contributed by atoms with Crippen molar-refractivity contribution in [2.24, 2.45) is 5.92 Å². The van der Waals surface area contributed by atoms with Crippen LogP contribution in [0.3, 0.4) is 0 Å². The molecule has 2 aliphatic rings.